The van der Waals surface area contributed by atoms with Crippen molar-refractivity contribution in [1.29, 1.82) is 0 Å². The van der Waals surface area contributed by atoms with Gasteiger partial charge in [0, 0.05) is 0 Å². The first-order chi connectivity index (χ1) is 9.90. The number of aromatic hydroxyl groups is 1. The van der Waals surface area contributed by atoms with Gasteiger partial charge in [0.25, 0.3) is 0 Å². The van der Waals surface area contributed by atoms with Crippen LogP contribution in [0, 0.1) is 13.8 Å². The smallest absolute Gasteiger partial charge is 0.433 e. The number of hydrazine groups is 1. The molecule has 21 heavy (non-hydrogen) atoms. The number of amides is 2. The molecule has 0 aromatic heterocycles. The predicted octanol–water partition coefficient (Wildman–Crippen LogP) is 2.63. The highest BCUT2D eigenvalue weighted by Gasteiger charge is 2.24. The first kappa shape index (κ1) is 16.6. The maximum atomic E-state index is 12.0. The number of rotatable bonds is 3. The first-order valence-electron chi connectivity index (χ1n) is 6.61. The fourth-order valence-electron chi connectivity index (χ4n) is 1.92. The molecule has 0 radical (unpaired) electrons. The summed E-state index contributed by atoms with van der Waals surface area (Å²) in [5.41, 5.74) is 3.98. The highest BCUT2D eigenvalue weighted by atomic mass is 16.6. The minimum atomic E-state index is -0.766. The average Bonchev–Trinajstić information content (AvgIpc) is 2.36. The molecule has 0 aliphatic carbocycles. The van der Waals surface area contributed by atoms with E-state index in [4.69, 9.17) is 9.47 Å². The lowest BCUT2D eigenvalue weighted by Crippen LogP contribution is -2.47. The quantitative estimate of drug-likeness (QED) is 0.837. The van der Waals surface area contributed by atoms with E-state index in [1.165, 1.54) is 12.1 Å². The molecule has 0 unspecified atom stereocenters. The fourth-order valence-corrected chi connectivity index (χ4v) is 1.92. The van der Waals surface area contributed by atoms with Crippen LogP contribution in [0.5, 0.6) is 5.75 Å². The zero-order valence-electron chi connectivity index (χ0n) is 12.6. The maximum Gasteiger partial charge on any atom is 0.433 e. The van der Waals surface area contributed by atoms with Gasteiger partial charge in [0.2, 0.25) is 0 Å². The van der Waals surface area contributed by atoms with Crippen LogP contribution in [0.15, 0.2) is 12.1 Å². The molecule has 0 spiro atoms. The van der Waals surface area contributed by atoms with Crippen molar-refractivity contribution in [2.24, 2.45) is 0 Å². The largest absolute Gasteiger partial charge is 0.508 e. The number of nitrogens with one attached hydrogen (secondary N) is 1. The summed E-state index contributed by atoms with van der Waals surface area (Å²) in [7, 11) is 0. The second-order valence-electron chi connectivity index (χ2n) is 4.29. The Kier molecular flexibility index (Phi) is 5.83. The zero-order valence-corrected chi connectivity index (χ0v) is 12.6. The van der Waals surface area contributed by atoms with Crippen molar-refractivity contribution in [2.45, 2.75) is 27.7 Å². The molecule has 2 amide bonds. The van der Waals surface area contributed by atoms with Crippen LogP contribution < -0.4 is 10.4 Å². The monoisotopic (exact) mass is 296 g/mol. The van der Waals surface area contributed by atoms with E-state index in [0.717, 1.165) is 5.01 Å². The van der Waals surface area contributed by atoms with E-state index >= 15 is 0 Å². The van der Waals surface area contributed by atoms with Gasteiger partial charge in [0.05, 0.1) is 18.9 Å². The summed E-state index contributed by atoms with van der Waals surface area (Å²) in [5.74, 6) is 0.0775. The van der Waals surface area contributed by atoms with Gasteiger partial charge in [-0.15, -0.1) is 0 Å². The van der Waals surface area contributed by atoms with Crippen LogP contribution in [0.1, 0.15) is 25.0 Å². The van der Waals surface area contributed by atoms with Gasteiger partial charge in [-0.05, 0) is 51.0 Å². The molecule has 0 atom stereocenters. The lowest BCUT2D eigenvalue weighted by Gasteiger charge is -2.25. The Morgan fingerprint density at radius 2 is 1.67 bits per heavy atom. The molecule has 0 bridgehead atoms. The van der Waals surface area contributed by atoms with Gasteiger partial charge < -0.3 is 14.6 Å². The van der Waals surface area contributed by atoms with E-state index in [2.05, 4.69) is 5.43 Å². The number of ether oxygens (including phenoxy) is 2. The lowest BCUT2D eigenvalue weighted by atomic mass is 10.1. The Morgan fingerprint density at radius 1 is 1.14 bits per heavy atom. The molecule has 1 aromatic rings. The number of anilines is 1. The van der Waals surface area contributed by atoms with Crippen LogP contribution in [0.25, 0.3) is 0 Å². The number of carbonyl (C=O) groups is 2. The standard InChI is InChI=1S/C14H20N2O5/c1-5-20-13(18)15-16(14(19)21-6-2)12-9(3)7-11(17)8-10(12)4/h7-8,17H,5-6H2,1-4H3,(H,15,18). The average molecular weight is 296 g/mol. The number of aryl methyl sites for hydroxylation is 2. The van der Waals surface area contributed by atoms with Gasteiger partial charge in [-0.25, -0.2) is 15.0 Å². The summed E-state index contributed by atoms with van der Waals surface area (Å²) < 4.78 is 9.71. The summed E-state index contributed by atoms with van der Waals surface area (Å²) in [6, 6.07) is 2.97. The van der Waals surface area contributed by atoms with Gasteiger partial charge in [0.15, 0.2) is 0 Å². The summed E-state index contributed by atoms with van der Waals surface area (Å²) in [4.78, 5) is 23.6. The van der Waals surface area contributed by atoms with E-state index in [-0.39, 0.29) is 19.0 Å². The predicted molar refractivity (Wildman–Crippen MR) is 77.2 cm³/mol. The minimum absolute atomic E-state index is 0.0775. The minimum Gasteiger partial charge on any atom is -0.508 e. The Bertz CT molecular complexity index is 507. The van der Waals surface area contributed by atoms with Crippen LogP contribution >= 0.6 is 0 Å². The number of phenolic OH excluding ortho intramolecular Hbond substituents is 1. The molecule has 7 heteroatoms. The number of hydrogen-bond acceptors (Lipinski definition) is 5. The second-order valence-corrected chi connectivity index (χ2v) is 4.29. The summed E-state index contributed by atoms with van der Waals surface area (Å²) in [6.45, 7) is 7.08. The summed E-state index contributed by atoms with van der Waals surface area (Å²) in [5, 5.41) is 10.5. The molecule has 116 valence electrons. The maximum absolute atomic E-state index is 12.0. The molecule has 0 saturated carbocycles. The lowest BCUT2D eigenvalue weighted by molar-refractivity contribution is 0.138. The summed E-state index contributed by atoms with van der Waals surface area (Å²) in [6.07, 6.45) is -1.50. The topological polar surface area (TPSA) is 88.1 Å². The van der Waals surface area contributed by atoms with Crippen molar-refractivity contribution in [2.75, 3.05) is 18.2 Å². The molecule has 1 aromatic carbocycles. The molecular weight excluding hydrogens is 276 g/mol. The molecule has 0 fully saturated rings. The van der Waals surface area contributed by atoms with Gasteiger partial charge in [-0.1, -0.05) is 0 Å². The van der Waals surface area contributed by atoms with Gasteiger partial charge >= 0.3 is 12.2 Å². The normalized spacial score (nSPS) is 9.90. The van der Waals surface area contributed by atoms with Crippen LogP contribution in [0.4, 0.5) is 15.3 Å². The third kappa shape index (κ3) is 4.27. The van der Waals surface area contributed by atoms with Crippen molar-refractivity contribution < 1.29 is 24.2 Å². The molecule has 2 N–H and O–H groups in total. The van der Waals surface area contributed by atoms with Crippen LogP contribution in [0.2, 0.25) is 0 Å². The summed E-state index contributed by atoms with van der Waals surface area (Å²) >= 11 is 0. The molecule has 0 saturated heterocycles. The third-order valence-electron chi connectivity index (χ3n) is 2.63. The molecule has 0 heterocycles. The van der Waals surface area contributed by atoms with E-state index in [0.29, 0.717) is 16.8 Å². The van der Waals surface area contributed by atoms with Gasteiger partial charge in [0.1, 0.15) is 5.75 Å². The highest BCUT2D eigenvalue weighted by molar-refractivity contribution is 5.92. The van der Waals surface area contributed by atoms with Crippen molar-refractivity contribution in [3.63, 3.8) is 0 Å². The van der Waals surface area contributed by atoms with Crippen molar-refractivity contribution in [3.05, 3.63) is 23.3 Å². The Morgan fingerprint density at radius 3 is 2.14 bits per heavy atom. The Hall–Kier alpha value is -2.44. The number of benzene rings is 1. The zero-order chi connectivity index (χ0) is 16.0. The van der Waals surface area contributed by atoms with Gasteiger partial charge in [-0.3, -0.25) is 0 Å². The van der Waals surface area contributed by atoms with Crippen LogP contribution in [-0.4, -0.2) is 30.5 Å². The molecule has 1 rings (SSSR count). The fraction of sp³-hybridized carbons (Fsp3) is 0.429. The molecular formula is C14H20N2O5. The second kappa shape index (κ2) is 7.37. The molecule has 7 nitrogen and oxygen atoms in total. The first-order valence-corrected chi connectivity index (χ1v) is 6.61. The highest BCUT2D eigenvalue weighted by Crippen LogP contribution is 2.28. The third-order valence-corrected chi connectivity index (χ3v) is 2.63. The van der Waals surface area contributed by atoms with E-state index in [1.807, 2.05) is 0 Å². The van der Waals surface area contributed by atoms with Crippen LogP contribution in [-0.2, 0) is 9.47 Å². The van der Waals surface area contributed by atoms with Crippen LogP contribution in [0.3, 0.4) is 0 Å². The van der Waals surface area contributed by atoms with E-state index in [1.54, 1.807) is 27.7 Å². The van der Waals surface area contributed by atoms with Crippen molar-refractivity contribution >= 4 is 17.9 Å². The van der Waals surface area contributed by atoms with E-state index in [9.17, 15) is 14.7 Å². The number of hydrogen-bond donors (Lipinski definition) is 2. The Labute approximate surface area is 123 Å². The molecule has 0 aliphatic heterocycles. The Balaban J connectivity index is 3.17. The van der Waals surface area contributed by atoms with Crippen molar-refractivity contribution in [1.82, 2.24) is 5.43 Å². The SMILES string of the molecule is CCOC(=O)NN(C(=O)OCC)c1c(C)cc(O)cc1C. The number of nitrogens with zero attached hydrogens (tertiary/aromatic N) is 1. The molecule has 0 aliphatic rings. The van der Waals surface area contributed by atoms with E-state index < -0.39 is 12.2 Å². The van der Waals surface area contributed by atoms with Crippen molar-refractivity contribution in [3.8, 4) is 5.75 Å². The number of phenols is 1. The number of carbonyl (C=O) groups excluding carboxylic acids is 2. The van der Waals surface area contributed by atoms with Gasteiger partial charge in [-0.2, -0.15) is 5.01 Å².